The third kappa shape index (κ3) is 3.89. The van der Waals surface area contributed by atoms with Crippen LogP contribution in [0.1, 0.15) is 5.56 Å². The lowest BCUT2D eigenvalue weighted by Gasteiger charge is -2.11. The van der Waals surface area contributed by atoms with Crippen LogP contribution in [0, 0.1) is 0 Å². The number of nitrogens with zero attached hydrogens (tertiary/aromatic N) is 3. The fourth-order valence-corrected chi connectivity index (χ4v) is 4.76. The minimum atomic E-state index is -4.56. The summed E-state index contributed by atoms with van der Waals surface area (Å²) in [7, 11) is -1.81. The molecule has 0 aliphatic carbocycles. The zero-order valence-corrected chi connectivity index (χ0v) is 19.4. The second kappa shape index (κ2) is 7.81. The molecule has 2 heterocycles. The van der Waals surface area contributed by atoms with Crippen LogP contribution in [0.25, 0.3) is 38.8 Å². The monoisotopic (exact) mass is 497 g/mol. The molecule has 5 aromatic rings. The van der Waals surface area contributed by atoms with E-state index < -0.39 is 27.3 Å². The molecule has 0 unspecified atom stereocenters. The third-order valence-corrected chi connectivity index (χ3v) is 7.06. The van der Waals surface area contributed by atoms with Crippen LogP contribution < -0.4 is 5.69 Å². The van der Waals surface area contributed by atoms with Crippen molar-refractivity contribution in [3.05, 3.63) is 89.0 Å². The molecule has 0 amide bonds. The van der Waals surface area contributed by atoms with Gasteiger partial charge in [0, 0.05) is 18.7 Å². The topological polar surface area (TPSA) is 74.0 Å². The molecule has 178 valence electrons. The fraction of sp³-hybridized carbons (Fsp3) is 0.120. The van der Waals surface area contributed by atoms with Crippen LogP contribution in [0.15, 0.2) is 82.6 Å². The molecular weight excluding hydrogens is 479 g/mol. The van der Waals surface area contributed by atoms with Gasteiger partial charge in [-0.25, -0.2) is 13.2 Å². The molecule has 35 heavy (non-hydrogen) atoms. The molecule has 0 aliphatic heterocycles. The first kappa shape index (κ1) is 22.9. The minimum Gasteiger partial charge on any atom is -0.293 e. The van der Waals surface area contributed by atoms with E-state index in [1.54, 1.807) is 24.3 Å². The second-order valence-corrected chi connectivity index (χ2v) is 10.3. The Hall–Kier alpha value is -3.92. The average molecular weight is 497 g/mol. The number of fused-ring (bicyclic) bond motifs is 3. The molecule has 3 aromatic carbocycles. The molecule has 0 fully saturated rings. The number of hydrogen-bond donors (Lipinski definition) is 0. The van der Waals surface area contributed by atoms with Crippen molar-refractivity contribution >= 4 is 31.8 Å². The summed E-state index contributed by atoms with van der Waals surface area (Å²) in [6.45, 7) is 0. The fourth-order valence-electron chi connectivity index (χ4n) is 4.13. The molecule has 0 atom stereocenters. The van der Waals surface area contributed by atoms with E-state index in [0.29, 0.717) is 21.9 Å². The van der Waals surface area contributed by atoms with Gasteiger partial charge in [-0.15, -0.1) is 0 Å². The van der Waals surface area contributed by atoms with E-state index in [1.165, 1.54) is 46.6 Å². The van der Waals surface area contributed by atoms with Gasteiger partial charge in [0.2, 0.25) is 0 Å². The third-order valence-electron chi connectivity index (χ3n) is 5.93. The summed E-state index contributed by atoms with van der Waals surface area (Å²) < 4.78 is 66.2. The van der Waals surface area contributed by atoms with E-state index in [1.807, 2.05) is 6.07 Å². The van der Waals surface area contributed by atoms with Gasteiger partial charge in [0.25, 0.3) is 0 Å². The Morgan fingerprint density at radius 3 is 2.26 bits per heavy atom. The van der Waals surface area contributed by atoms with Gasteiger partial charge in [-0.2, -0.15) is 13.2 Å². The maximum atomic E-state index is 13.4. The zero-order chi connectivity index (χ0) is 25.1. The summed E-state index contributed by atoms with van der Waals surface area (Å²) in [5, 5.41) is 0.572. The number of benzene rings is 3. The molecule has 0 spiro atoms. The molecule has 0 aliphatic rings. The van der Waals surface area contributed by atoms with Crippen molar-refractivity contribution in [3.8, 4) is 16.8 Å². The highest BCUT2D eigenvalue weighted by atomic mass is 32.2. The Labute approximate surface area is 197 Å². The molecule has 10 heteroatoms. The summed E-state index contributed by atoms with van der Waals surface area (Å²) in [5.74, 6) is 0. The Morgan fingerprint density at radius 1 is 0.914 bits per heavy atom. The Kier molecular flexibility index (Phi) is 5.10. The van der Waals surface area contributed by atoms with Crippen LogP contribution >= 0.6 is 0 Å². The van der Waals surface area contributed by atoms with Crippen LogP contribution in [-0.4, -0.2) is 28.8 Å². The quantitative estimate of drug-likeness (QED) is 0.353. The number of rotatable bonds is 3. The number of sulfone groups is 1. The van der Waals surface area contributed by atoms with Crippen LogP contribution in [0.4, 0.5) is 13.2 Å². The van der Waals surface area contributed by atoms with Crippen molar-refractivity contribution in [2.75, 3.05) is 6.26 Å². The normalized spacial score (nSPS) is 12.5. The average Bonchev–Trinajstić information content (AvgIpc) is 3.08. The first-order chi connectivity index (χ1) is 16.4. The van der Waals surface area contributed by atoms with Crippen molar-refractivity contribution < 1.29 is 21.6 Å². The molecule has 5 rings (SSSR count). The molecule has 0 bridgehead atoms. The van der Waals surface area contributed by atoms with Crippen molar-refractivity contribution in [3.63, 3.8) is 0 Å². The molecule has 0 saturated heterocycles. The van der Waals surface area contributed by atoms with Gasteiger partial charge < -0.3 is 0 Å². The molecule has 0 saturated carbocycles. The number of pyridine rings is 1. The smallest absolute Gasteiger partial charge is 0.293 e. The number of aromatic nitrogens is 3. The standard InChI is InChI=1S/C25H18F3N3O3S/c1-30-22-14-29-21-11-8-16(15-6-9-19(10-7-15)35(2,33)34)12-20(21)23(22)31(24(30)32)18-5-3-4-17(13-18)25(26,27)28/h3-14H,1-2H3. The maximum absolute atomic E-state index is 13.4. The summed E-state index contributed by atoms with van der Waals surface area (Å²) in [6, 6.07) is 16.4. The molecular formula is C25H18F3N3O3S. The number of hydrogen-bond acceptors (Lipinski definition) is 4. The van der Waals surface area contributed by atoms with E-state index >= 15 is 0 Å². The largest absolute Gasteiger partial charge is 0.416 e. The Balaban J connectivity index is 1.78. The SMILES string of the molecule is Cn1c(=O)n(-c2cccc(C(F)(F)F)c2)c2c3cc(-c4ccc(S(C)(=O)=O)cc4)ccc3ncc21. The minimum absolute atomic E-state index is 0.0887. The van der Waals surface area contributed by atoms with Crippen molar-refractivity contribution in [1.82, 2.24) is 14.1 Å². The highest BCUT2D eigenvalue weighted by Crippen LogP contribution is 2.33. The van der Waals surface area contributed by atoms with Crippen LogP contribution in [0.5, 0.6) is 0 Å². The molecule has 0 radical (unpaired) electrons. The Bertz CT molecular complexity index is 1790. The van der Waals surface area contributed by atoms with Gasteiger partial charge in [-0.3, -0.25) is 14.1 Å². The highest BCUT2D eigenvalue weighted by molar-refractivity contribution is 7.90. The van der Waals surface area contributed by atoms with E-state index in [-0.39, 0.29) is 10.6 Å². The summed E-state index contributed by atoms with van der Waals surface area (Å²) in [6.07, 6.45) is -1.91. The predicted octanol–water partition coefficient (Wildman–Crippen LogP) is 4.97. The van der Waals surface area contributed by atoms with E-state index in [2.05, 4.69) is 4.98 Å². The number of aryl methyl sites for hydroxylation is 1. The molecule has 0 N–H and O–H groups in total. The predicted molar refractivity (Wildman–Crippen MR) is 127 cm³/mol. The summed E-state index contributed by atoms with van der Waals surface area (Å²) >= 11 is 0. The maximum Gasteiger partial charge on any atom is 0.416 e. The summed E-state index contributed by atoms with van der Waals surface area (Å²) in [5.41, 5.74) is 1.64. The zero-order valence-electron chi connectivity index (χ0n) is 18.5. The lowest BCUT2D eigenvalue weighted by Crippen LogP contribution is -2.21. The van der Waals surface area contributed by atoms with Crippen LogP contribution in [-0.2, 0) is 23.1 Å². The number of halogens is 3. The van der Waals surface area contributed by atoms with Crippen LogP contribution in [0.2, 0.25) is 0 Å². The number of alkyl halides is 3. The van der Waals surface area contributed by atoms with E-state index in [9.17, 15) is 26.4 Å². The van der Waals surface area contributed by atoms with Gasteiger partial charge in [-0.05, 0) is 53.6 Å². The van der Waals surface area contributed by atoms with Gasteiger partial charge in [0.1, 0.15) is 0 Å². The van der Waals surface area contributed by atoms with E-state index in [0.717, 1.165) is 29.5 Å². The highest BCUT2D eigenvalue weighted by Gasteiger charge is 2.31. The number of imidazole rings is 1. The first-order valence-electron chi connectivity index (χ1n) is 10.4. The van der Waals surface area contributed by atoms with Gasteiger partial charge >= 0.3 is 11.9 Å². The lowest BCUT2D eigenvalue weighted by molar-refractivity contribution is -0.137. The molecule has 6 nitrogen and oxygen atoms in total. The van der Waals surface area contributed by atoms with Gasteiger partial charge in [-0.1, -0.05) is 24.3 Å². The van der Waals surface area contributed by atoms with Gasteiger partial charge in [0.15, 0.2) is 9.84 Å². The molecule has 2 aromatic heterocycles. The van der Waals surface area contributed by atoms with Crippen molar-refractivity contribution in [2.24, 2.45) is 7.05 Å². The lowest BCUT2D eigenvalue weighted by atomic mass is 10.0. The first-order valence-corrected chi connectivity index (χ1v) is 12.3. The Morgan fingerprint density at radius 2 is 1.60 bits per heavy atom. The van der Waals surface area contributed by atoms with Crippen molar-refractivity contribution in [1.29, 1.82) is 0 Å². The van der Waals surface area contributed by atoms with Crippen molar-refractivity contribution in [2.45, 2.75) is 11.1 Å². The van der Waals surface area contributed by atoms with Crippen LogP contribution in [0.3, 0.4) is 0 Å². The van der Waals surface area contributed by atoms with Gasteiger partial charge in [0.05, 0.1) is 38.9 Å². The van der Waals surface area contributed by atoms with E-state index in [4.69, 9.17) is 0 Å². The summed E-state index contributed by atoms with van der Waals surface area (Å²) in [4.78, 5) is 17.8. The second-order valence-electron chi connectivity index (χ2n) is 8.25.